The van der Waals surface area contributed by atoms with Gasteiger partial charge < -0.3 is 10.1 Å². The zero-order valence-electron chi connectivity index (χ0n) is 15.4. The molecule has 1 aromatic heterocycles. The van der Waals surface area contributed by atoms with Gasteiger partial charge in [-0.25, -0.2) is 9.07 Å². The highest BCUT2D eigenvalue weighted by Gasteiger charge is 2.11. The summed E-state index contributed by atoms with van der Waals surface area (Å²) in [5.74, 6) is -0.640. The van der Waals surface area contributed by atoms with Crippen molar-refractivity contribution in [3.63, 3.8) is 0 Å². The van der Waals surface area contributed by atoms with Gasteiger partial charge in [-0.2, -0.15) is 5.10 Å². The van der Waals surface area contributed by atoms with E-state index in [4.69, 9.17) is 4.74 Å². The molecule has 3 aromatic rings. The van der Waals surface area contributed by atoms with Gasteiger partial charge in [0.15, 0.2) is 5.69 Å². The van der Waals surface area contributed by atoms with Crippen molar-refractivity contribution >= 4 is 5.91 Å². The number of halogens is 1. The molecule has 27 heavy (non-hydrogen) atoms. The SMILES string of the molecule is CC(C)OCc1ccccc1CNC(=O)c1ccn(-c2cccc(F)c2)n1. The zero-order valence-corrected chi connectivity index (χ0v) is 15.4. The smallest absolute Gasteiger partial charge is 0.272 e. The molecular formula is C21H22FN3O2. The van der Waals surface area contributed by atoms with E-state index >= 15 is 0 Å². The molecule has 5 nitrogen and oxygen atoms in total. The Kier molecular flexibility index (Phi) is 5.98. The monoisotopic (exact) mass is 367 g/mol. The Morgan fingerprint density at radius 3 is 2.67 bits per heavy atom. The molecule has 6 heteroatoms. The molecule has 1 amide bonds. The van der Waals surface area contributed by atoms with Gasteiger partial charge in [0.05, 0.1) is 18.4 Å². The maximum atomic E-state index is 13.3. The van der Waals surface area contributed by atoms with Crippen molar-refractivity contribution in [2.45, 2.75) is 33.1 Å². The van der Waals surface area contributed by atoms with E-state index in [9.17, 15) is 9.18 Å². The number of carbonyl (C=O) groups is 1. The maximum Gasteiger partial charge on any atom is 0.272 e. The van der Waals surface area contributed by atoms with Gasteiger partial charge in [-0.3, -0.25) is 4.79 Å². The van der Waals surface area contributed by atoms with Crippen LogP contribution in [-0.4, -0.2) is 21.8 Å². The van der Waals surface area contributed by atoms with Gasteiger partial charge in [0.2, 0.25) is 0 Å². The first-order valence-corrected chi connectivity index (χ1v) is 8.81. The molecule has 0 spiro atoms. The molecule has 2 aromatic carbocycles. The van der Waals surface area contributed by atoms with E-state index in [1.165, 1.54) is 16.8 Å². The van der Waals surface area contributed by atoms with Gasteiger partial charge >= 0.3 is 0 Å². The van der Waals surface area contributed by atoms with Crippen molar-refractivity contribution in [3.05, 3.63) is 83.4 Å². The van der Waals surface area contributed by atoms with E-state index in [0.717, 1.165) is 11.1 Å². The fourth-order valence-corrected chi connectivity index (χ4v) is 2.60. The number of ether oxygens (including phenoxy) is 1. The second-order valence-electron chi connectivity index (χ2n) is 6.44. The van der Waals surface area contributed by atoms with E-state index in [1.807, 2.05) is 38.1 Å². The summed E-state index contributed by atoms with van der Waals surface area (Å²) in [5.41, 5.74) is 2.87. The lowest BCUT2D eigenvalue weighted by Crippen LogP contribution is -2.24. The van der Waals surface area contributed by atoms with Gasteiger partial charge in [0, 0.05) is 12.7 Å². The lowest BCUT2D eigenvalue weighted by atomic mass is 10.1. The molecule has 1 N–H and O–H groups in total. The third-order valence-electron chi connectivity index (χ3n) is 4.02. The second kappa shape index (κ2) is 8.60. The predicted octanol–water partition coefficient (Wildman–Crippen LogP) is 3.87. The summed E-state index contributed by atoms with van der Waals surface area (Å²) in [4.78, 5) is 12.4. The lowest BCUT2D eigenvalue weighted by Gasteiger charge is -2.12. The van der Waals surface area contributed by atoms with Crippen LogP contribution in [0.15, 0.2) is 60.8 Å². The third kappa shape index (κ3) is 5.01. The van der Waals surface area contributed by atoms with Crippen LogP contribution in [0, 0.1) is 5.82 Å². The van der Waals surface area contributed by atoms with Crippen LogP contribution in [0.2, 0.25) is 0 Å². The Bertz CT molecular complexity index is 921. The third-order valence-corrected chi connectivity index (χ3v) is 4.02. The van der Waals surface area contributed by atoms with Crippen molar-refractivity contribution in [2.75, 3.05) is 0 Å². The number of aromatic nitrogens is 2. The molecular weight excluding hydrogens is 345 g/mol. The summed E-state index contributed by atoms with van der Waals surface area (Å²) in [5, 5.41) is 7.10. The summed E-state index contributed by atoms with van der Waals surface area (Å²) in [7, 11) is 0. The summed E-state index contributed by atoms with van der Waals surface area (Å²) < 4.78 is 20.5. The average molecular weight is 367 g/mol. The van der Waals surface area contributed by atoms with Crippen LogP contribution in [0.4, 0.5) is 4.39 Å². The number of rotatable bonds is 7. The van der Waals surface area contributed by atoms with E-state index in [1.54, 1.807) is 24.4 Å². The first-order chi connectivity index (χ1) is 13.0. The van der Waals surface area contributed by atoms with Crippen LogP contribution in [0.5, 0.6) is 0 Å². The minimum absolute atomic E-state index is 0.138. The second-order valence-corrected chi connectivity index (χ2v) is 6.44. The first kappa shape index (κ1) is 18.8. The van der Waals surface area contributed by atoms with Gasteiger partial charge in [-0.1, -0.05) is 30.3 Å². The van der Waals surface area contributed by atoms with E-state index in [2.05, 4.69) is 10.4 Å². The van der Waals surface area contributed by atoms with Gasteiger partial charge in [-0.15, -0.1) is 0 Å². The minimum atomic E-state index is -0.353. The Morgan fingerprint density at radius 1 is 1.15 bits per heavy atom. The largest absolute Gasteiger partial charge is 0.374 e. The van der Waals surface area contributed by atoms with Crippen LogP contribution in [0.25, 0.3) is 5.69 Å². The van der Waals surface area contributed by atoms with Crippen molar-refractivity contribution in [3.8, 4) is 5.69 Å². The van der Waals surface area contributed by atoms with Gasteiger partial charge in [0.1, 0.15) is 5.82 Å². The van der Waals surface area contributed by atoms with Crippen molar-refractivity contribution in [2.24, 2.45) is 0 Å². The number of nitrogens with zero attached hydrogens (tertiary/aromatic N) is 2. The van der Waals surface area contributed by atoms with Gasteiger partial charge in [-0.05, 0) is 49.2 Å². The topological polar surface area (TPSA) is 56.1 Å². The Morgan fingerprint density at radius 2 is 1.93 bits per heavy atom. The van der Waals surface area contributed by atoms with Crippen LogP contribution < -0.4 is 5.32 Å². The maximum absolute atomic E-state index is 13.3. The van der Waals surface area contributed by atoms with Crippen molar-refractivity contribution in [1.29, 1.82) is 0 Å². The molecule has 0 bridgehead atoms. The highest BCUT2D eigenvalue weighted by molar-refractivity contribution is 5.92. The number of hydrogen-bond donors (Lipinski definition) is 1. The molecule has 140 valence electrons. The molecule has 1 heterocycles. The Labute approximate surface area is 157 Å². The molecule has 0 aliphatic rings. The molecule has 0 aliphatic heterocycles. The molecule has 0 radical (unpaired) electrons. The molecule has 0 fully saturated rings. The standard InChI is InChI=1S/C21H22FN3O2/c1-15(2)27-14-17-7-4-3-6-16(17)13-23-21(26)20-10-11-25(24-20)19-9-5-8-18(22)12-19/h3-12,15H,13-14H2,1-2H3,(H,23,26). The van der Waals surface area contributed by atoms with E-state index in [0.29, 0.717) is 18.8 Å². The zero-order chi connectivity index (χ0) is 19.2. The number of amides is 1. The van der Waals surface area contributed by atoms with Gasteiger partial charge in [0.25, 0.3) is 5.91 Å². The average Bonchev–Trinajstić information content (AvgIpc) is 3.15. The number of hydrogen-bond acceptors (Lipinski definition) is 3. The normalized spacial score (nSPS) is 11.0. The van der Waals surface area contributed by atoms with Crippen molar-refractivity contribution < 1.29 is 13.9 Å². The molecule has 0 aliphatic carbocycles. The summed E-state index contributed by atoms with van der Waals surface area (Å²) in [6, 6.07) is 15.5. The lowest BCUT2D eigenvalue weighted by molar-refractivity contribution is 0.0651. The van der Waals surface area contributed by atoms with Crippen molar-refractivity contribution in [1.82, 2.24) is 15.1 Å². The fourth-order valence-electron chi connectivity index (χ4n) is 2.60. The minimum Gasteiger partial charge on any atom is -0.374 e. The van der Waals surface area contributed by atoms with Crippen LogP contribution in [0.1, 0.15) is 35.5 Å². The summed E-state index contributed by atoms with van der Waals surface area (Å²) in [6.45, 7) is 4.85. The summed E-state index contributed by atoms with van der Waals surface area (Å²) >= 11 is 0. The molecule has 0 atom stereocenters. The van der Waals surface area contributed by atoms with Crippen LogP contribution in [-0.2, 0) is 17.9 Å². The number of carbonyl (C=O) groups excluding carboxylic acids is 1. The Hall–Kier alpha value is -2.99. The van der Waals surface area contributed by atoms with E-state index < -0.39 is 0 Å². The quantitative estimate of drug-likeness (QED) is 0.690. The first-order valence-electron chi connectivity index (χ1n) is 8.81. The molecule has 3 rings (SSSR count). The Balaban J connectivity index is 1.65. The number of nitrogens with one attached hydrogen (secondary N) is 1. The van der Waals surface area contributed by atoms with E-state index in [-0.39, 0.29) is 23.5 Å². The van der Waals surface area contributed by atoms with Crippen LogP contribution >= 0.6 is 0 Å². The molecule has 0 unspecified atom stereocenters. The molecule has 0 saturated heterocycles. The predicted molar refractivity (Wildman–Crippen MR) is 101 cm³/mol. The fraction of sp³-hybridized carbons (Fsp3) is 0.238. The highest BCUT2D eigenvalue weighted by atomic mass is 19.1. The molecule has 0 saturated carbocycles. The number of benzene rings is 2. The summed E-state index contributed by atoms with van der Waals surface area (Å²) in [6.07, 6.45) is 1.77. The highest BCUT2D eigenvalue weighted by Crippen LogP contribution is 2.12. The van der Waals surface area contributed by atoms with Crippen LogP contribution in [0.3, 0.4) is 0 Å².